The molecule has 1 heterocycles. The zero-order valence-corrected chi connectivity index (χ0v) is 14.4. The molecule has 7 heteroatoms. The molecular weight excluding hydrogens is 308 g/mol. The molecule has 21 heavy (non-hydrogen) atoms. The first-order valence-corrected chi connectivity index (χ1v) is 9.63. The van der Waals surface area contributed by atoms with Crippen molar-refractivity contribution >= 4 is 21.4 Å². The first-order valence-electron chi connectivity index (χ1n) is 7.27. The number of sulfonamides is 1. The molecule has 0 atom stereocenters. The lowest BCUT2D eigenvalue weighted by Gasteiger charge is -2.24. The van der Waals surface area contributed by atoms with Gasteiger partial charge in [0.1, 0.15) is 0 Å². The van der Waals surface area contributed by atoms with Crippen LogP contribution in [0.4, 0.5) is 0 Å². The van der Waals surface area contributed by atoms with Crippen molar-refractivity contribution in [2.24, 2.45) is 0 Å². The van der Waals surface area contributed by atoms with E-state index in [1.54, 1.807) is 11.4 Å². The van der Waals surface area contributed by atoms with Crippen LogP contribution in [0.15, 0.2) is 16.3 Å². The van der Waals surface area contributed by atoms with Crippen LogP contribution in [0.2, 0.25) is 0 Å². The Morgan fingerprint density at radius 2 is 2.14 bits per heavy atom. The normalized spacial score (nSPS) is 16.3. The fourth-order valence-corrected chi connectivity index (χ4v) is 4.34. The van der Waals surface area contributed by atoms with Crippen LogP contribution in [0.25, 0.3) is 0 Å². The second-order valence-electron chi connectivity index (χ2n) is 5.92. The van der Waals surface area contributed by atoms with Gasteiger partial charge in [0.15, 0.2) is 0 Å². The van der Waals surface area contributed by atoms with Crippen molar-refractivity contribution in [3.63, 3.8) is 0 Å². The summed E-state index contributed by atoms with van der Waals surface area (Å²) in [5.74, 6) is 0. The number of ether oxygens (including phenoxy) is 1. The SMILES string of the molecule is CCOC(C)(C)CNS(=O)(=O)c1csc(CNC2CC2)c1. The molecule has 1 aromatic rings. The monoisotopic (exact) mass is 332 g/mol. The van der Waals surface area contributed by atoms with Crippen molar-refractivity contribution in [3.05, 3.63) is 16.3 Å². The molecule has 0 spiro atoms. The standard InChI is InChI=1S/C14H24N2O3S2/c1-4-19-14(2,3)10-16-21(17,18)13-7-12(20-9-13)8-15-11-5-6-11/h7,9,11,15-16H,4-6,8,10H2,1-3H3. The maximum absolute atomic E-state index is 12.3. The zero-order chi connectivity index (χ0) is 15.5. The van der Waals surface area contributed by atoms with Crippen LogP contribution in [-0.2, 0) is 21.3 Å². The molecule has 0 unspecified atom stereocenters. The van der Waals surface area contributed by atoms with Crippen LogP contribution in [0.1, 0.15) is 38.5 Å². The summed E-state index contributed by atoms with van der Waals surface area (Å²) in [6.07, 6.45) is 2.45. The van der Waals surface area contributed by atoms with E-state index in [9.17, 15) is 8.42 Å². The molecule has 0 aromatic carbocycles. The van der Waals surface area contributed by atoms with Crippen molar-refractivity contribution in [1.29, 1.82) is 0 Å². The van der Waals surface area contributed by atoms with Crippen molar-refractivity contribution in [1.82, 2.24) is 10.0 Å². The smallest absolute Gasteiger partial charge is 0.241 e. The Bertz CT molecular complexity index is 563. The predicted octanol–water partition coefficient (Wildman–Crippen LogP) is 2.09. The number of hydrogen-bond acceptors (Lipinski definition) is 5. The van der Waals surface area contributed by atoms with E-state index in [0.29, 0.717) is 17.5 Å². The average Bonchev–Trinajstić information content (AvgIpc) is 3.10. The van der Waals surface area contributed by atoms with Gasteiger partial charge in [-0.25, -0.2) is 13.1 Å². The van der Waals surface area contributed by atoms with Gasteiger partial charge in [0.25, 0.3) is 0 Å². The summed E-state index contributed by atoms with van der Waals surface area (Å²) in [6.45, 7) is 7.21. The molecule has 2 N–H and O–H groups in total. The molecule has 1 fully saturated rings. The number of hydrogen-bond donors (Lipinski definition) is 2. The minimum atomic E-state index is -3.46. The summed E-state index contributed by atoms with van der Waals surface area (Å²) in [4.78, 5) is 1.39. The summed E-state index contributed by atoms with van der Waals surface area (Å²) in [7, 11) is -3.46. The molecule has 5 nitrogen and oxygen atoms in total. The van der Waals surface area contributed by atoms with Gasteiger partial charge in [0.05, 0.1) is 10.5 Å². The van der Waals surface area contributed by atoms with Gasteiger partial charge >= 0.3 is 0 Å². The van der Waals surface area contributed by atoms with E-state index in [1.807, 2.05) is 20.8 Å². The molecule has 0 aliphatic heterocycles. The predicted molar refractivity (Wildman–Crippen MR) is 85.1 cm³/mol. The Labute approximate surface area is 131 Å². The second-order valence-corrected chi connectivity index (χ2v) is 8.68. The third-order valence-corrected chi connectivity index (χ3v) is 5.77. The van der Waals surface area contributed by atoms with Gasteiger partial charge in [0, 0.05) is 36.0 Å². The molecule has 0 radical (unpaired) electrons. The van der Waals surface area contributed by atoms with Gasteiger partial charge in [0.2, 0.25) is 10.0 Å². The van der Waals surface area contributed by atoms with E-state index >= 15 is 0 Å². The summed E-state index contributed by atoms with van der Waals surface area (Å²) < 4.78 is 32.7. The van der Waals surface area contributed by atoms with Crippen molar-refractivity contribution in [3.8, 4) is 0 Å². The first-order chi connectivity index (χ1) is 9.82. The molecule has 0 bridgehead atoms. The Balaban J connectivity index is 1.92. The Morgan fingerprint density at radius 3 is 2.76 bits per heavy atom. The molecule has 1 aromatic heterocycles. The van der Waals surface area contributed by atoms with Crippen LogP contribution in [0.3, 0.4) is 0 Å². The molecule has 1 aliphatic rings. The molecule has 0 saturated heterocycles. The molecule has 120 valence electrons. The van der Waals surface area contributed by atoms with E-state index in [4.69, 9.17) is 4.74 Å². The highest BCUT2D eigenvalue weighted by molar-refractivity contribution is 7.89. The summed E-state index contributed by atoms with van der Waals surface area (Å²) >= 11 is 1.48. The van der Waals surface area contributed by atoms with Gasteiger partial charge < -0.3 is 10.1 Å². The quantitative estimate of drug-likeness (QED) is 0.727. The fraction of sp³-hybridized carbons (Fsp3) is 0.714. The van der Waals surface area contributed by atoms with E-state index in [2.05, 4.69) is 10.0 Å². The van der Waals surface area contributed by atoms with Crippen LogP contribution in [0, 0.1) is 0 Å². The van der Waals surface area contributed by atoms with E-state index < -0.39 is 15.6 Å². The highest BCUT2D eigenvalue weighted by atomic mass is 32.2. The number of thiophene rings is 1. The summed E-state index contributed by atoms with van der Waals surface area (Å²) in [5.41, 5.74) is -0.506. The summed E-state index contributed by atoms with van der Waals surface area (Å²) in [5, 5.41) is 5.08. The Kier molecular flexibility index (Phi) is 5.43. The molecule has 0 amide bonds. The zero-order valence-electron chi connectivity index (χ0n) is 12.8. The lowest BCUT2D eigenvalue weighted by atomic mass is 10.1. The van der Waals surface area contributed by atoms with Gasteiger partial charge in [-0.3, -0.25) is 0 Å². The van der Waals surface area contributed by atoms with E-state index in [-0.39, 0.29) is 6.54 Å². The maximum atomic E-state index is 12.3. The second kappa shape index (κ2) is 6.75. The fourth-order valence-electron chi connectivity index (χ4n) is 1.92. The molecule has 1 saturated carbocycles. The maximum Gasteiger partial charge on any atom is 0.241 e. The minimum Gasteiger partial charge on any atom is -0.375 e. The van der Waals surface area contributed by atoms with Gasteiger partial charge in [-0.15, -0.1) is 11.3 Å². The number of rotatable bonds is 9. The highest BCUT2D eigenvalue weighted by Crippen LogP contribution is 2.23. The number of nitrogens with one attached hydrogen (secondary N) is 2. The van der Waals surface area contributed by atoms with E-state index in [1.165, 1.54) is 24.2 Å². The van der Waals surface area contributed by atoms with Crippen molar-refractivity contribution in [2.45, 2.75) is 56.7 Å². The largest absolute Gasteiger partial charge is 0.375 e. The lowest BCUT2D eigenvalue weighted by Crippen LogP contribution is -2.40. The van der Waals surface area contributed by atoms with Crippen LogP contribution in [-0.4, -0.2) is 33.2 Å². The molecular formula is C14H24N2O3S2. The van der Waals surface area contributed by atoms with Gasteiger partial charge in [-0.05, 0) is 39.7 Å². The van der Waals surface area contributed by atoms with Crippen LogP contribution >= 0.6 is 11.3 Å². The molecule has 2 rings (SSSR count). The minimum absolute atomic E-state index is 0.259. The van der Waals surface area contributed by atoms with Crippen molar-refractivity contribution in [2.75, 3.05) is 13.2 Å². The Hall–Kier alpha value is -0.470. The first kappa shape index (κ1) is 16.9. The van der Waals surface area contributed by atoms with Crippen LogP contribution < -0.4 is 10.0 Å². The molecule has 1 aliphatic carbocycles. The average molecular weight is 332 g/mol. The summed E-state index contributed by atoms with van der Waals surface area (Å²) in [6, 6.07) is 2.37. The highest BCUT2D eigenvalue weighted by Gasteiger charge is 2.24. The topological polar surface area (TPSA) is 67.4 Å². The van der Waals surface area contributed by atoms with E-state index in [0.717, 1.165) is 11.4 Å². The Morgan fingerprint density at radius 1 is 1.43 bits per heavy atom. The third kappa shape index (κ3) is 5.34. The lowest BCUT2D eigenvalue weighted by molar-refractivity contribution is -0.00514. The van der Waals surface area contributed by atoms with Gasteiger partial charge in [-0.2, -0.15) is 0 Å². The third-order valence-electron chi connectivity index (χ3n) is 3.31. The van der Waals surface area contributed by atoms with Crippen LogP contribution in [0.5, 0.6) is 0 Å². The van der Waals surface area contributed by atoms with Gasteiger partial charge in [-0.1, -0.05) is 0 Å². The van der Waals surface area contributed by atoms with Crippen molar-refractivity contribution < 1.29 is 13.2 Å².